The van der Waals surface area contributed by atoms with E-state index in [0.717, 1.165) is 22.6 Å². The molecule has 10 N–H and O–H groups in total. The van der Waals surface area contributed by atoms with Gasteiger partial charge in [-0.2, -0.15) is 4.98 Å². The molecule has 11 atom stereocenters. The lowest BCUT2D eigenvalue weighted by molar-refractivity contribution is -0.745. The number of ether oxygens (including phenoxy) is 3. The molecule has 35 heteroatoms. The van der Waals surface area contributed by atoms with Crippen LogP contribution in [0.2, 0.25) is 0 Å². The van der Waals surface area contributed by atoms with Crippen LogP contribution in [0.4, 0.5) is 11.9 Å². The van der Waals surface area contributed by atoms with Gasteiger partial charge in [-0.15, -0.1) is 0 Å². The Morgan fingerprint density at radius 2 is 1.49 bits per heavy atom. The van der Waals surface area contributed by atoms with Crippen LogP contribution in [0.25, 0.3) is 22.3 Å². The van der Waals surface area contributed by atoms with Crippen molar-refractivity contribution in [3.63, 3.8) is 0 Å². The van der Waals surface area contributed by atoms with Gasteiger partial charge >= 0.3 is 13.5 Å². The van der Waals surface area contributed by atoms with Crippen molar-refractivity contribution in [3.05, 3.63) is 33.4 Å². The van der Waals surface area contributed by atoms with Crippen molar-refractivity contribution < 1.29 is 93.9 Å². The number of nitrogens with two attached hydrogens (primary N) is 2. The van der Waals surface area contributed by atoms with E-state index in [-0.39, 0.29) is 34.2 Å². The van der Waals surface area contributed by atoms with Crippen molar-refractivity contribution in [2.45, 2.75) is 49.1 Å². The molecule has 0 bridgehead atoms. The lowest BCUT2D eigenvalue weighted by atomic mass is 10.1. The highest BCUT2D eigenvalue weighted by Crippen LogP contribution is 2.63. The number of imidazole rings is 2. The summed E-state index contributed by atoms with van der Waals surface area (Å²) in [6, 6.07) is 0. The number of hydrogen-bond donors (Lipinski definition) is 8. The smallest absolute Gasteiger partial charge is 0.470 e. The number of aliphatic hydroxyl groups is 2. The molecule has 2 fully saturated rings. The predicted octanol–water partition coefficient (Wildman–Crippen LogP) is -5.67. The maximum atomic E-state index is 12.6. The highest BCUT2D eigenvalue weighted by atomic mass is 31.3. The molecule has 2 aliphatic heterocycles. The molecule has 316 valence electrons. The molecule has 4 aromatic heterocycles. The van der Waals surface area contributed by atoms with Crippen LogP contribution in [0.15, 0.2) is 22.2 Å². The van der Waals surface area contributed by atoms with Crippen molar-refractivity contribution in [1.82, 2.24) is 34.1 Å². The van der Waals surface area contributed by atoms with Gasteiger partial charge in [0.25, 0.3) is 40.5 Å². The Hall–Kier alpha value is -3.38. The zero-order chi connectivity index (χ0) is 42.0. The number of fused-ring (bicyclic) bond motifs is 2. The van der Waals surface area contributed by atoms with E-state index in [9.17, 15) is 62.5 Å². The maximum Gasteiger partial charge on any atom is 0.470 e. The SMILES string of the molecule is COC1[C@@H](OP(=O)(O)O)[C@@H](COP(=O)([O-])OP(=O)([O-])OP(=O)([O-])OC[C@H]2O[C@@H]([n+]3cn(C)c4c(=O)[nH]c(N)nc43)C(O)[C@H]2O)O[C@H]1n1cnc2c(=O)[nH]c(N)nc21. The highest BCUT2D eigenvalue weighted by molar-refractivity contribution is 7.65. The van der Waals surface area contributed by atoms with Crippen molar-refractivity contribution in [2.24, 2.45) is 7.05 Å². The van der Waals surface area contributed by atoms with Crippen LogP contribution in [-0.2, 0) is 61.7 Å². The van der Waals surface area contributed by atoms with E-state index in [2.05, 4.69) is 42.6 Å². The Labute approximate surface area is 314 Å². The van der Waals surface area contributed by atoms with Gasteiger partial charge in [0.15, 0.2) is 23.7 Å². The Kier molecular flexibility index (Phi) is 11.9. The number of aromatic nitrogens is 8. The first kappa shape index (κ1) is 43.2. The van der Waals surface area contributed by atoms with Gasteiger partial charge in [0.05, 0.1) is 26.6 Å². The summed E-state index contributed by atoms with van der Waals surface area (Å²) in [7, 11) is -21.7. The molecule has 6 rings (SSSR count). The molecule has 31 nitrogen and oxygen atoms in total. The average molecular weight is 894 g/mol. The number of phosphoric acid groups is 4. The van der Waals surface area contributed by atoms with Gasteiger partial charge in [0.2, 0.25) is 17.7 Å². The monoisotopic (exact) mass is 894 g/mol. The number of rotatable bonds is 15. The minimum absolute atomic E-state index is 0.0310. The van der Waals surface area contributed by atoms with Crippen LogP contribution in [0.1, 0.15) is 12.5 Å². The first-order valence-electron chi connectivity index (χ1n) is 15.5. The molecule has 0 amide bonds. The summed E-state index contributed by atoms with van der Waals surface area (Å²) in [5.41, 5.74) is 9.10. The van der Waals surface area contributed by atoms with Gasteiger partial charge < -0.3 is 69.4 Å². The normalized spacial score (nSPS) is 28.8. The number of aliphatic hydroxyl groups excluding tert-OH is 2. The summed E-state index contributed by atoms with van der Waals surface area (Å²) in [4.78, 5) is 97.2. The molecule has 6 heterocycles. The topological polar surface area (TPSA) is 462 Å². The Balaban J connectivity index is 1.10. The number of hydrogen-bond acceptors (Lipinski definition) is 24. The zero-order valence-corrected chi connectivity index (χ0v) is 32.1. The van der Waals surface area contributed by atoms with Gasteiger partial charge in [-0.25, -0.2) is 22.7 Å². The van der Waals surface area contributed by atoms with Crippen LogP contribution in [0, 0.1) is 0 Å². The zero-order valence-electron chi connectivity index (χ0n) is 28.5. The summed E-state index contributed by atoms with van der Waals surface area (Å²) in [5, 5.41) is 21.1. The molecular formula is C22H30N10O21P4-2. The molecule has 0 saturated carbocycles. The number of anilines is 2. The third-order valence-electron chi connectivity index (χ3n) is 8.14. The third kappa shape index (κ3) is 9.27. The Morgan fingerprint density at radius 3 is 2.11 bits per heavy atom. The number of H-pyrrole nitrogens is 2. The molecule has 2 saturated heterocycles. The summed E-state index contributed by atoms with van der Waals surface area (Å²) >= 11 is 0. The van der Waals surface area contributed by atoms with E-state index < -0.39 is 105 Å². The molecule has 4 aromatic rings. The maximum absolute atomic E-state index is 12.6. The van der Waals surface area contributed by atoms with Crippen molar-refractivity contribution in [2.75, 3.05) is 31.8 Å². The van der Waals surface area contributed by atoms with Crippen LogP contribution in [0.5, 0.6) is 0 Å². The van der Waals surface area contributed by atoms with E-state index in [1.165, 1.54) is 17.9 Å². The summed E-state index contributed by atoms with van der Waals surface area (Å²) in [5.74, 6) is -0.689. The lowest BCUT2D eigenvalue weighted by Gasteiger charge is -2.35. The first-order chi connectivity index (χ1) is 26.4. The first-order valence-corrected chi connectivity index (χ1v) is 21.4. The second-order valence-electron chi connectivity index (χ2n) is 12.0. The summed E-state index contributed by atoms with van der Waals surface area (Å²) < 4.78 is 90.3. The van der Waals surface area contributed by atoms with E-state index in [0.29, 0.717) is 0 Å². The molecule has 0 aromatic carbocycles. The fourth-order valence-corrected chi connectivity index (χ4v) is 9.88. The Bertz CT molecular complexity index is 2490. The molecule has 0 aliphatic carbocycles. The van der Waals surface area contributed by atoms with E-state index in [1.807, 2.05) is 0 Å². The van der Waals surface area contributed by atoms with Crippen LogP contribution in [0.3, 0.4) is 0 Å². The van der Waals surface area contributed by atoms with Gasteiger partial charge in [-0.3, -0.25) is 46.9 Å². The number of aryl methyl sites for hydroxylation is 1. The van der Waals surface area contributed by atoms with E-state index in [4.69, 9.17) is 30.2 Å². The number of methoxy groups -OCH3 is 1. The minimum atomic E-state index is -6.48. The van der Waals surface area contributed by atoms with Crippen molar-refractivity contribution in [1.29, 1.82) is 0 Å². The van der Waals surface area contributed by atoms with Crippen molar-refractivity contribution >= 4 is 65.5 Å². The second-order valence-corrected chi connectivity index (χ2v) is 17.7. The molecule has 2 aliphatic rings. The number of aromatic amines is 2. The molecular weight excluding hydrogens is 864 g/mol. The van der Waals surface area contributed by atoms with Gasteiger partial charge in [-0.1, -0.05) is 4.98 Å². The predicted molar refractivity (Wildman–Crippen MR) is 173 cm³/mol. The number of nitrogens with zero attached hydrogens (tertiary/aromatic N) is 6. The standard InChI is InChI=1S/C22H32N10O21P4/c1-30-6-32(16-10(30)18(36)29-22(24)27-16)19-12(34)11(33)7(49-19)3-47-55(40,41)52-57(44,45)53-56(42,43)48-4-8-13(51-54(37,38)39)14(46-2)20(50-8)31-5-25-9-15(31)26-21(23)28-17(9)35/h5-8,11-14,19-20,33-34H,3-4H2,1-2H3,(H10-,23,24,26,27,28,29,35,36,37,38,39,40,41,42,43,44,45)/p-2/t7-,8-,11+,12?,13+,14?,19-,20-/m1/s1. The third-order valence-corrected chi connectivity index (χ3v) is 12.8. The fraction of sp³-hybridized carbons (Fsp3) is 0.545. The summed E-state index contributed by atoms with van der Waals surface area (Å²) in [6.45, 7) is -2.56. The van der Waals surface area contributed by atoms with Crippen molar-refractivity contribution in [3.8, 4) is 0 Å². The van der Waals surface area contributed by atoms with Gasteiger partial charge in [0.1, 0.15) is 36.6 Å². The largest absolute Gasteiger partial charge is 0.756 e. The summed E-state index contributed by atoms with van der Waals surface area (Å²) in [6.07, 6.45) is -11.6. The van der Waals surface area contributed by atoms with E-state index in [1.54, 1.807) is 0 Å². The minimum Gasteiger partial charge on any atom is -0.756 e. The molecule has 0 radical (unpaired) electrons. The van der Waals surface area contributed by atoms with Gasteiger partial charge in [-0.05, 0) is 0 Å². The second kappa shape index (κ2) is 15.7. The van der Waals surface area contributed by atoms with Gasteiger partial charge in [0, 0.05) is 7.11 Å². The quantitative estimate of drug-likeness (QED) is 0.0407. The fourth-order valence-electron chi connectivity index (χ4n) is 5.92. The van der Waals surface area contributed by atoms with Crippen LogP contribution >= 0.6 is 31.3 Å². The molecule has 0 spiro atoms. The number of nitrogen functional groups attached to an aromatic ring is 2. The van der Waals surface area contributed by atoms with E-state index >= 15 is 0 Å². The molecule has 5 unspecified atom stereocenters. The Morgan fingerprint density at radius 1 is 0.895 bits per heavy atom. The number of phosphoric ester groups is 3. The number of nitrogens with one attached hydrogen (secondary N) is 2. The van der Waals surface area contributed by atoms with Crippen LogP contribution < -0.4 is 41.8 Å². The highest BCUT2D eigenvalue weighted by Gasteiger charge is 2.51. The van der Waals surface area contributed by atoms with Crippen LogP contribution in [-0.4, -0.2) is 111 Å². The lowest BCUT2D eigenvalue weighted by Crippen LogP contribution is -2.46. The average Bonchev–Trinajstić information content (AvgIpc) is 3.80. The molecule has 57 heavy (non-hydrogen) atoms.